The SMILES string of the molecule is CN(C)CCSc1nc(-c2cccs2)cc(-c2ccc(F)cc2)c1C#N. The number of pyridine rings is 1. The first-order chi connectivity index (χ1) is 12.6. The Morgan fingerprint density at radius 1 is 1.23 bits per heavy atom. The second-order valence-corrected chi connectivity index (χ2v) is 8.01. The molecule has 1 aromatic carbocycles. The van der Waals surface area contributed by atoms with E-state index < -0.39 is 0 Å². The molecule has 2 heterocycles. The van der Waals surface area contributed by atoms with Crippen LogP contribution in [0.15, 0.2) is 52.9 Å². The van der Waals surface area contributed by atoms with Crippen molar-refractivity contribution in [3.8, 4) is 27.8 Å². The van der Waals surface area contributed by atoms with Gasteiger partial charge in [-0.05, 0) is 49.3 Å². The second kappa shape index (κ2) is 8.45. The summed E-state index contributed by atoms with van der Waals surface area (Å²) < 4.78 is 13.3. The molecule has 6 heteroatoms. The zero-order chi connectivity index (χ0) is 18.5. The molecule has 0 bridgehead atoms. The minimum atomic E-state index is -0.291. The van der Waals surface area contributed by atoms with Crippen molar-refractivity contribution in [3.63, 3.8) is 0 Å². The Morgan fingerprint density at radius 2 is 2.00 bits per heavy atom. The number of benzene rings is 1. The molecule has 0 aliphatic rings. The molecule has 0 saturated heterocycles. The highest BCUT2D eigenvalue weighted by Crippen LogP contribution is 2.35. The van der Waals surface area contributed by atoms with Gasteiger partial charge in [0.15, 0.2) is 0 Å². The Hall–Kier alpha value is -2.20. The van der Waals surface area contributed by atoms with Crippen LogP contribution in [0.5, 0.6) is 0 Å². The van der Waals surface area contributed by atoms with Gasteiger partial charge in [0.25, 0.3) is 0 Å². The van der Waals surface area contributed by atoms with E-state index in [9.17, 15) is 9.65 Å². The molecule has 0 amide bonds. The van der Waals surface area contributed by atoms with Crippen molar-refractivity contribution in [2.75, 3.05) is 26.4 Å². The van der Waals surface area contributed by atoms with Crippen LogP contribution in [0.1, 0.15) is 5.56 Å². The third-order valence-electron chi connectivity index (χ3n) is 3.80. The average molecular weight is 384 g/mol. The molecule has 2 aromatic heterocycles. The summed E-state index contributed by atoms with van der Waals surface area (Å²) in [6.45, 7) is 0.895. The van der Waals surface area contributed by atoms with Crippen molar-refractivity contribution in [2.24, 2.45) is 0 Å². The topological polar surface area (TPSA) is 39.9 Å². The Bertz CT molecular complexity index is 913. The smallest absolute Gasteiger partial charge is 0.123 e. The van der Waals surface area contributed by atoms with Crippen LogP contribution < -0.4 is 0 Å². The lowest BCUT2D eigenvalue weighted by atomic mass is 10.0. The molecule has 0 fully saturated rings. The molecule has 0 aliphatic carbocycles. The van der Waals surface area contributed by atoms with Crippen LogP contribution in [0.25, 0.3) is 21.7 Å². The van der Waals surface area contributed by atoms with Crippen LogP contribution in [0.2, 0.25) is 0 Å². The maximum atomic E-state index is 13.3. The van der Waals surface area contributed by atoms with Crippen molar-refractivity contribution in [2.45, 2.75) is 5.03 Å². The quantitative estimate of drug-likeness (QED) is 0.553. The summed E-state index contributed by atoms with van der Waals surface area (Å²) in [6.07, 6.45) is 0. The number of rotatable bonds is 6. The number of thiophene rings is 1. The first kappa shape index (κ1) is 18.6. The van der Waals surface area contributed by atoms with Gasteiger partial charge in [0, 0.05) is 17.9 Å². The van der Waals surface area contributed by atoms with E-state index in [1.165, 1.54) is 12.1 Å². The predicted octanol–water partition coefficient (Wildman–Crippen LogP) is 5.14. The Labute approximate surface area is 161 Å². The molecule has 3 aromatic rings. The largest absolute Gasteiger partial charge is 0.309 e. The Morgan fingerprint density at radius 3 is 2.62 bits per heavy atom. The van der Waals surface area contributed by atoms with Crippen molar-refractivity contribution in [3.05, 3.63) is 59.2 Å². The van der Waals surface area contributed by atoms with Gasteiger partial charge in [-0.1, -0.05) is 18.2 Å². The van der Waals surface area contributed by atoms with E-state index in [0.717, 1.165) is 39.0 Å². The summed E-state index contributed by atoms with van der Waals surface area (Å²) in [6, 6.07) is 14.5. The Balaban J connectivity index is 2.10. The number of hydrogen-bond donors (Lipinski definition) is 0. The number of nitriles is 1. The fourth-order valence-corrected chi connectivity index (χ4v) is 4.27. The number of nitrogens with zero attached hydrogens (tertiary/aromatic N) is 3. The van der Waals surface area contributed by atoms with Gasteiger partial charge in [0.05, 0.1) is 16.1 Å². The average Bonchev–Trinajstić information content (AvgIpc) is 3.16. The van der Waals surface area contributed by atoms with E-state index in [1.54, 1.807) is 35.2 Å². The normalized spacial score (nSPS) is 10.9. The zero-order valence-corrected chi connectivity index (χ0v) is 16.2. The van der Waals surface area contributed by atoms with E-state index in [0.29, 0.717) is 5.56 Å². The molecule has 0 aliphatic heterocycles. The van der Waals surface area contributed by atoms with Gasteiger partial charge in [-0.3, -0.25) is 0 Å². The fraction of sp³-hybridized carbons (Fsp3) is 0.200. The fourth-order valence-electron chi connectivity index (χ4n) is 2.47. The van der Waals surface area contributed by atoms with Gasteiger partial charge in [-0.25, -0.2) is 9.37 Å². The van der Waals surface area contributed by atoms with Crippen LogP contribution >= 0.6 is 23.1 Å². The van der Waals surface area contributed by atoms with Gasteiger partial charge in [0.1, 0.15) is 16.9 Å². The summed E-state index contributed by atoms with van der Waals surface area (Å²) in [5.41, 5.74) is 2.99. The molecule has 26 heavy (non-hydrogen) atoms. The predicted molar refractivity (Wildman–Crippen MR) is 107 cm³/mol. The van der Waals surface area contributed by atoms with Gasteiger partial charge in [-0.2, -0.15) is 5.26 Å². The molecule has 132 valence electrons. The van der Waals surface area contributed by atoms with Crippen molar-refractivity contribution in [1.82, 2.24) is 9.88 Å². The third-order valence-corrected chi connectivity index (χ3v) is 5.65. The molecule has 3 nitrogen and oxygen atoms in total. The first-order valence-corrected chi connectivity index (χ1v) is 9.97. The van der Waals surface area contributed by atoms with E-state index in [-0.39, 0.29) is 5.82 Å². The molecule has 0 N–H and O–H groups in total. The number of halogens is 1. The van der Waals surface area contributed by atoms with Gasteiger partial charge in [0.2, 0.25) is 0 Å². The van der Waals surface area contributed by atoms with Crippen molar-refractivity contribution < 1.29 is 4.39 Å². The second-order valence-electron chi connectivity index (χ2n) is 5.98. The highest BCUT2D eigenvalue weighted by molar-refractivity contribution is 7.99. The van der Waals surface area contributed by atoms with E-state index >= 15 is 0 Å². The molecule has 3 rings (SSSR count). The summed E-state index contributed by atoms with van der Waals surface area (Å²) in [5.74, 6) is 0.547. The summed E-state index contributed by atoms with van der Waals surface area (Å²) >= 11 is 3.19. The van der Waals surface area contributed by atoms with Gasteiger partial charge < -0.3 is 4.90 Å². The summed E-state index contributed by atoms with van der Waals surface area (Å²) in [7, 11) is 4.04. The van der Waals surface area contributed by atoms with Crippen molar-refractivity contribution in [1.29, 1.82) is 5.26 Å². The minimum absolute atomic E-state index is 0.291. The summed E-state index contributed by atoms with van der Waals surface area (Å²) in [4.78, 5) is 7.89. The van der Waals surface area contributed by atoms with Crippen molar-refractivity contribution >= 4 is 23.1 Å². The molecular weight excluding hydrogens is 365 g/mol. The molecule has 0 saturated carbocycles. The first-order valence-electron chi connectivity index (χ1n) is 8.11. The van der Waals surface area contributed by atoms with Crippen LogP contribution in [-0.4, -0.2) is 36.3 Å². The molecule has 0 atom stereocenters. The lowest BCUT2D eigenvalue weighted by Crippen LogP contribution is -2.15. The lowest BCUT2D eigenvalue weighted by Gasteiger charge is -2.13. The number of aromatic nitrogens is 1. The maximum absolute atomic E-state index is 13.3. The minimum Gasteiger partial charge on any atom is -0.309 e. The van der Waals surface area contributed by atoms with E-state index in [2.05, 4.69) is 11.0 Å². The highest BCUT2D eigenvalue weighted by Gasteiger charge is 2.16. The summed E-state index contributed by atoms with van der Waals surface area (Å²) in [5, 5.41) is 12.5. The van der Waals surface area contributed by atoms with Gasteiger partial charge in [-0.15, -0.1) is 23.1 Å². The molecule has 0 unspecified atom stereocenters. The van der Waals surface area contributed by atoms with Crippen LogP contribution in [0, 0.1) is 17.1 Å². The monoisotopic (exact) mass is 383 g/mol. The van der Waals surface area contributed by atoms with E-state index in [1.807, 2.05) is 37.7 Å². The standard InChI is InChI=1S/C20H18FN3S2/c1-24(2)9-11-26-20-17(13-22)16(14-5-7-15(21)8-6-14)12-18(23-20)19-4-3-10-25-19/h3-8,10,12H,9,11H2,1-2H3. The van der Waals surface area contributed by atoms with Crippen LogP contribution in [-0.2, 0) is 0 Å². The molecule has 0 spiro atoms. The highest BCUT2D eigenvalue weighted by atomic mass is 32.2. The lowest BCUT2D eigenvalue weighted by molar-refractivity contribution is 0.437. The maximum Gasteiger partial charge on any atom is 0.123 e. The number of thioether (sulfide) groups is 1. The molecular formula is C20H18FN3S2. The van der Waals surface area contributed by atoms with Crippen LogP contribution in [0.4, 0.5) is 4.39 Å². The Kier molecular flexibility index (Phi) is 6.04. The third kappa shape index (κ3) is 4.31. The number of hydrogen-bond acceptors (Lipinski definition) is 5. The molecule has 0 radical (unpaired) electrons. The zero-order valence-electron chi connectivity index (χ0n) is 14.6. The van der Waals surface area contributed by atoms with E-state index in [4.69, 9.17) is 4.98 Å². The van der Waals surface area contributed by atoms with Crippen LogP contribution in [0.3, 0.4) is 0 Å². The van der Waals surface area contributed by atoms with Gasteiger partial charge >= 0.3 is 0 Å².